The van der Waals surface area contributed by atoms with E-state index in [1.807, 2.05) is 9.80 Å². The number of amides is 2. The van der Waals surface area contributed by atoms with Gasteiger partial charge in [0.25, 0.3) is 0 Å². The lowest BCUT2D eigenvalue weighted by molar-refractivity contribution is -0.0380. The molecule has 5 aliphatic heterocycles. The number of nitriles is 1. The Balaban J connectivity index is 1.12. The lowest BCUT2D eigenvalue weighted by Crippen LogP contribution is -2.67. The predicted octanol–water partition coefficient (Wildman–Crippen LogP) is 6.65. The Kier molecular flexibility index (Phi) is 8.56. The van der Waals surface area contributed by atoms with Crippen LogP contribution in [0.4, 0.5) is 24.4 Å². The number of hydrogen-bond donors (Lipinski definition) is 1. The van der Waals surface area contributed by atoms with E-state index in [0.717, 1.165) is 69.4 Å². The molecule has 53 heavy (non-hydrogen) atoms. The lowest BCUT2D eigenvalue weighted by Gasteiger charge is -2.53. The number of urea groups is 1. The molecule has 0 radical (unpaired) electrons. The first-order valence-electron chi connectivity index (χ1n) is 18.4. The number of nitrogen functional groups attached to an aromatic ring is 1. The number of nitrogens with zero attached hydrogens (tertiary/aromatic N) is 7. The summed E-state index contributed by atoms with van der Waals surface area (Å²) in [6.07, 6.45) is 7.21. The molecule has 1 spiro atoms. The average molecular weight is 763 g/mol. The van der Waals surface area contributed by atoms with Crippen LogP contribution in [0.15, 0.2) is 18.2 Å². The van der Waals surface area contributed by atoms with Gasteiger partial charge in [0, 0.05) is 55.0 Å². The summed E-state index contributed by atoms with van der Waals surface area (Å²) >= 11 is 7.93. The van der Waals surface area contributed by atoms with Crippen LogP contribution in [0.25, 0.3) is 32.1 Å². The van der Waals surface area contributed by atoms with Crippen molar-refractivity contribution in [2.24, 2.45) is 5.41 Å². The Morgan fingerprint density at radius 1 is 1.08 bits per heavy atom. The van der Waals surface area contributed by atoms with Crippen LogP contribution in [0.3, 0.4) is 0 Å². The number of halogens is 3. The number of aromatic nitrogens is 2. The van der Waals surface area contributed by atoms with E-state index in [2.05, 4.69) is 15.9 Å². The SMILES string of the molecule is COC1CN(C(=O)N2CC3(CCCCN(c4nc(OCC56CCCN5CCC6)nc5c(F)c(-c6ccc(F)c7sc(N)c(C#N)c67)c(Cl)cc45)C3)C2)C1. The maximum absolute atomic E-state index is 17.3. The minimum atomic E-state index is -0.710. The fourth-order valence-corrected chi connectivity index (χ4v) is 10.8. The van der Waals surface area contributed by atoms with Gasteiger partial charge in [-0.15, -0.1) is 11.3 Å². The van der Waals surface area contributed by atoms with Gasteiger partial charge >= 0.3 is 12.0 Å². The number of fused-ring (bicyclic) bond motifs is 3. The van der Waals surface area contributed by atoms with Crippen LogP contribution in [-0.4, -0.2) is 108 Å². The Morgan fingerprint density at radius 2 is 1.85 bits per heavy atom. The highest BCUT2D eigenvalue weighted by Crippen LogP contribution is 2.47. The second kappa shape index (κ2) is 13.1. The predicted molar refractivity (Wildman–Crippen MR) is 201 cm³/mol. The molecule has 2 aromatic heterocycles. The molecule has 278 valence electrons. The van der Waals surface area contributed by atoms with Gasteiger partial charge in [-0.2, -0.15) is 15.2 Å². The number of carbonyl (C=O) groups excluding carboxylic acids is 1. The van der Waals surface area contributed by atoms with Crippen LogP contribution in [0.2, 0.25) is 5.02 Å². The van der Waals surface area contributed by atoms with Crippen LogP contribution in [0.1, 0.15) is 50.5 Å². The van der Waals surface area contributed by atoms with Crippen molar-refractivity contribution in [3.8, 4) is 23.2 Å². The van der Waals surface area contributed by atoms with Crippen molar-refractivity contribution in [1.82, 2.24) is 24.7 Å². The maximum atomic E-state index is 17.3. The first-order valence-corrected chi connectivity index (χ1v) is 19.6. The number of carbonyl (C=O) groups is 1. The van der Waals surface area contributed by atoms with Crippen molar-refractivity contribution in [2.45, 2.75) is 56.6 Å². The number of likely N-dealkylation sites (tertiary alicyclic amines) is 2. The lowest BCUT2D eigenvalue weighted by atomic mass is 9.76. The number of ether oxygens (including phenoxy) is 2. The highest BCUT2D eigenvalue weighted by Gasteiger charge is 2.49. The van der Waals surface area contributed by atoms with Gasteiger partial charge < -0.3 is 29.9 Å². The molecule has 11 nitrogen and oxygen atoms in total. The minimum Gasteiger partial charge on any atom is -0.461 e. The van der Waals surface area contributed by atoms with E-state index in [-0.39, 0.29) is 71.4 Å². The molecule has 2 aromatic carbocycles. The van der Waals surface area contributed by atoms with Gasteiger partial charge in [0.15, 0.2) is 5.82 Å². The quantitative estimate of drug-likeness (QED) is 0.230. The summed E-state index contributed by atoms with van der Waals surface area (Å²) in [6, 6.07) is 6.54. The van der Waals surface area contributed by atoms with Crippen LogP contribution in [0.5, 0.6) is 6.01 Å². The van der Waals surface area contributed by atoms with Gasteiger partial charge in [-0.05, 0) is 69.3 Å². The first kappa shape index (κ1) is 34.7. The number of thiophene rings is 1. The van der Waals surface area contributed by atoms with E-state index in [9.17, 15) is 10.1 Å². The summed E-state index contributed by atoms with van der Waals surface area (Å²) < 4.78 is 44.3. The Bertz CT molecular complexity index is 2170. The Morgan fingerprint density at radius 3 is 2.58 bits per heavy atom. The monoisotopic (exact) mass is 762 g/mol. The molecule has 9 rings (SSSR count). The molecule has 5 saturated heterocycles. The van der Waals surface area contributed by atoms with E-state index in [4.69, 9.17) is 36.8 Å². The highest BCUT2D eigenvalue weighted by molar-refractivity contribution is 7.23. The molecule has 0 saturated carbocycles. The third-order valence-corrected chi connectivity index (χ3v) is 13.6. The number of hydrogen-bond acceptors (Lipinski definition) is 10. The molecule has 0 bridgehead atoms. The molecule has 15 heteroatoms. The molecule has 4 aromatic rings. The number of methoxy groups -OCH3 is 1. The van der Waals surface area contributed by atoms with E-state index in [1.165, 1.54) is 12.1 Å². The zero-order valence-electron chi connectivity index (χ0n) is 29.6. The minimum absolute atomic E-state index is 0.00705. The molecule has 0 unspecified atom stereocenters. The topological polar surface area (TPSA) is 124 Å². The summed E-state index contributed by atoms with van der Waals surface area (Å²) in [5, 5.41) is 10.8. The van der Waals surface area contributed by atoms with Gasteiger partial charge in [-0.3, -0.25) is 4.90 Å². The summed E-state index contributed by atoms with van der Waals surface area (Å²) in [5.74, 6) is -0.733. The van der Waals surface area contributed by atoms with E-state index in [1.54, 1.807) is 13.2 Å². The van der Waals surface area contributed by atoms with E-state index >= 15 is 8.78 Å². The number of anilines is 2. The van der Waals surface area contributed by atoms with Crippen molar-refractivity contribution in [3.63, 3.8) is 0 Å². The van der Waals surface area contributed by atoms with Crippen molar-refractivity contribution < 1.29 is 23.0 Å². The van der Waals surface area contributed by atoms with E-state index < -0.39 is 11.6 Å². The van der Waals surface area contributed by atoms with Gasteiger partial charge in [0.05, 0.1) is 40.0 Å². The van der Waals surface area contributed by atoms with Crippen LogP contribution in [-0.2, 0) is 4.74 Å². The molecule has 5 fully saturated rings. The van der Waals surface area contributed by atoms with Gasteiger partial charge in [-0.1, -0.05) is 24.1 Å². The molecular formula is C38H41ClF2N8O3S. The van der Waals surface area contributed by atoms with Crippen LogP contribution < -0.4 is 15.4 Å². The largest absolute Gasteiger partial charge is 0.461 e. The van der Waals surface area contributed by atoms with Crippen molar-refractivity contribution in [2.75, 3.05) is 76.7 Å². The third kappa shape index (κ3) is 5.65. The summed E-state index contributed by atoms with van der Waals surface area (Å²) in [6.45, 7) is 6.25. The summed E-state index contributed by atoms with van der Waals surface area (Å²) in [5.41, 5.74) is 6.29. The van der Waals surface area contributed by atoms with Gasteiger partial charge in [-0.25, -0.2) is 13.6 Å². The standard InChI is InChI=1S/C38H41ClF2N8O3S/c1-51-22-16-47(17-22)36(50)48-19-37(20-48)8-2-3-11-46(18-37)34-24-14-26(39)29(23-6-7-27(40)32-28(23)25(15-42)33(43)53-32)30(41)31(24)44-35(45-34)52-21-38-9-4-12-49(38)13-5-10-38/h6-7,14,22H,2-5,8-13,16-21,43H2,1H3. The van der Waals surface area contributed by atoms with Crippen molar-refractivity contribution >= 4 is 60.8 Å². The van der Waals surface area contributed by atoms with E-state index in [0.29, 0.717) is 57.1 Å². The average Bonchev–Trinajstić information content (AvgIpc) is 3.74. The van der Waals surface area contributed by atoms with Crippen molar-refractivity contribution in [1.29, 1.82) is 5.26 Å². The maximum Gasteiger partial charge on any atom is 0.320 e. The van der Waals surface area contributed by atoms with Crippen LogP contribution in [0, 0.1) is 28.4 Å². The zero-order chi connectivity index (χ0) is 36.6. The first-order chi connectivity index (χ1) is 25.6. The normalized spacial score (nSPS) is 21.2. The fourth-order valence-electron chi connectivity index (χ4n) is 9.53. The fraction of sp³-hybridized carbons (Fsp3) is 0.526. The number of nitrogens with two attached hydrogens (primary N) is 1. The van der Waals surface area contributed by atoms with Gasteiger partial charge in [0.2, 0.25) is 0 Å². The highest BCUT2D eigenvalue weighted by atomic mass is 35.5. The molecule has 2 N–H and O–H groups in total. The molecule has 7 heterocycles. The number of rotatable bonds is 6. The van der Waals surface area contributed by atoms with Crippen LogP contribution >= 0.6 is 22.9 Å². The second-order valence-corrected chi connectivity index (χ2v) is 17.0. The second-order valence-electron chi connectivity index (χ2n) is 15.5. The zero-order valence-corrected chi connectivity index (χ0v) is 31.2. The summed E-state index contributed by atoms with van der Waals surface area (Å²) in [7, 11) is 1.67. The molecule has 0 atom stereocenters. The Labute approximate surface area is 315 Å². The van der Waals surface area contributed by atoms with Crippen molar-refractivity contribution in [3.05, 3.63) is 40.4 Å². The molecule has 5 aliphatic rings. The Hall–Kier alpha value is -4.03. The molecule has 2 amide bonds. The molecular weight excluding hydrogens is 722 g/mol. The smallest absolute Gasteiger partial charge is 0.320 e. The third-order valence-electron chi connectivity index (χ3n) is 12.3. The summed E-state index contributed by atoms with van der Waals surface area (Å²) in [4.78, 5) is 31.3. The molecule has 0 aliphatic carbocycles. The van der Waals surface area contributed by atoms with Gasteiger partial charge in [0.1, 0.15) is 34.8 Å². The number of benzene rings is 2.